The zero-order chi connectivity index (χ0) is 14.4. The summed E-state index contributed by atoms with van der Waals surface area (Å²) in [7, 11) is 0. The lowest BCUT2D eigenvalue weighted by atomic mass is 10.1. The van der Waals surface area contributed by atoms with E-state index in [4.69, 9.17) is 0 Å². The largest absolute Gasteiger partial charge is 0.369 e. The smallest absolute Gasteiger partial charge is 0.0369 e. The van der Waals surface area contributed by atoms with Gasteiger partial charge in [0.1, 0.15) is 0 Å². The lowest BCUT2D eigenvalue weighted by Gasteiger charge is -2.36. The summed E-state index contributed by atoms with van der Waals surface area (Å²) in [6, 6.07) is 6.92. The fourth-order valence-corrected chi connectivity index (χ4v) is 2.88. The van der Waals surface area contributed by atoms with E-state index in [9.17, 15) is 0 Å². The molecule has 2 rings (SSSR count). The summed E-state index contributed by atoms with van der Waals surface area (Å²) in [5.41, 5.74) is 4.21. The predicted octanol–water partition coefficient (Wildman–Crippen LogP) is 2.64. The molecule has 1 N–H and O–H groups in total. The molecule has 0 atom stereocenters. The van der Waals surface area contributed by atoms with E-state index in [-0.39, 0.29) is 0 Å². The van der Waals surface area contributed by atoms with Crippen LogP contribution in [0.25, 0.3) is 0 Å². The number of piperazine rings is 1. The topological polar surface area (TPSA) is 18.5 Å². The van der Waals surface area contributed by atoms with Crippen LogP contribution in [0.15, 0.2) is 18.2 Å². The molecule has 1 saturated heterocycles. The summed E-state index contributed by atoms with van der Waals surface area (Å²) < 4.78 is 0. The SMILES string of the molecule is CCCN1CCN(c2ccc(CNCC)c(C)c2)CC1. The first-order valence-electron chi connectivity index (χ1n) is 8.02. The van der Waals surface area contributed by atoms with Crippen LogP contribution in [-0.4, -0.2) is 44.2 Å². The van der Waals surface area contributed by atoms with Crippen molar-refractivity contribution < 1.29 is 0 Å². The number of anilines is 1. The van der Waals surface area contributed by atoms with Gasteiger partial charge >= 0.3 is 0 Å². The van der Waals surface area contributed by atoms with Gasteiger partial charge in [0.05, 0.1) is 0 Å². The maximum atomic E-state index is 3.40. The van der Waals surface area contributed by atoms with E-state index < -0.39 is 0 Å². The monoisotopic (exact) mass is 275 g/mol. The molecular formula is C17H29N3. The van der Waals surface area contributed by atoms with E-state index in [0.717, 1.165) is 26.2 Å². The van der Waals surface area contributed by atoms with Crippen molar-refractivity contribution >= 4 is 5.69 Å². The summed E-state index contributed by atoms with van der Waals surface area (Å²) in [4.78, 5) is 5.10. The van der Waals surface area contributed by atoms with E-state index >= 15 is 0 Å². The molecule has 0 bridgehead atoms. The molecule has 20 heavy (non-hydrogen) atoms. The molecule has 1 aromatic carbocycles. The molecule has 0 radical (unpaired) electrons. The minimum Gasteiger partial charge on any atom is -0.369 e. The number of hydrogen-bond acceptors (Lipinski definition) is 3. The van der Waals surface area contributed by atoms with Crippen molar-refractivity contribution in [1.29, 1.82) is 0 Å². The summed E-state index contributed by atoms with van der Waals surface area (Å²) in [5, 5.41) is 3.40. The zero-order valence-corrected chi connectivity index (χ0v) is 13.3. The Labute approximate surface area is 124 Å². The van der Waals surface area contributed by atoms with Crippen molar-refractivity contribution in [3.8, 4) is 0 Å². The van der Waals surface area contributed by atoms with Gasteiger partial charge in [-0.15, -0.1) is 0 Å². The Morgan fingerprint density at radius 1 is 1.10 bits per heavy atom. The summed E-state index contributed by atoms with van der Waals surface area (Å²) in [5.74, 6) is 0. The highest BCUT2D eigenvalue weighted by Gasteiger charge is 2.16. The lowest BCUT2D eigenvalue weighted by Crippen LogP contribution is -2.46. The normalized spacial score (nSPS) is 16.6. The zero-order valence-electron chi connectivity index (χ0n) is 13.3. The molecule has 0 aromatic heterocycles. The highest BCUT2D eigenvalue weighted by molar-refractivity contribution is 5.51. The molecule has 112 valence electrons. The van der Waals surface area contributed by atoms with Gasteiger partial charge in [0, 0.05) is 38.4 Å². The van der Waals surface area contributed by atoms with Gasteiger partial charge in [-0.3, -0.25) is 4.90 Å². The van der Waals surface area contributed by atoms with Crippen LogP contribution in [0, 0.1) is 6.92 Å². The van der Waals surface area contributed by atoms with Gasteiger partial charge in [-0.1, -0.05) is 19.9 Å². The standard InChI is InChI=1S/C17H29N3/c1-4-8-19-9-11-20(12-10-19)17-7-6-16(14-18-5-2)15(3)13-17/h6-7,13,18H,4-5,8-12,14H2,1-3H3. The molecule has 0 spiro atoms. The van der Waals surface area contributed by atoms with Crippen LogP contribution in [0.2, 0.25) is 0 Å². The average Bonchev–Trinajstić information content (AvgIpc) is 2.47. The molecule has 0 aliphatic carbocycles. The van der Waals surface area contributed by atoms with Crippen molar-refractivity contribution in [3.05, 3.63) is 29.3 Å². The predicted molar refractivity (Wildman–Crippen MR) is 87.5 cm³/mol. The molecule has 1 aliphatic rings. The molecule has 1 aliphatic heterocycles. The number of rotatable bonds is 6. The lowest BCUT2D eigenvalue weighted by molar-refractivity contribution is 0.258. The van der Waals surface area contributed by atoms with E-state index in [1.807, 2.05) is 0 Å². The van der Waals surface area contributed by atoms with E-state index in [0.29, 0.717) is 0 Å². The fourth-order valence-electron chi connectivity index (χ4n) is 2.88. The number of nitrogens with one attached hydrogen (secondary N) is 1. The maximum Gasteiger partial charge on any atom is 0.0369 e. The Hall–Kier alpha value is -1.06. The van der Waals surface area contributed by atoms with Gasteiger partial charge in [0.15, 0.2) is 0 Å². The number of nitrogens with zero attached hydrogens (tertiary/aromatic N) is 2. The van der Waals surface area contributed by atoms with Gasteiger partial charge in [-0.05, 0) is 49.7 Å². The Balaban J connectivity index is 1.95. The first-order chi connectivity index (χ1) is 9.74. The van der Waals surface area contributed by atoms with Crippen LogP contribution < -0.4 is 10.2 Å². The molecule has 1 heterocycles. The molecule has 1 aromatic rings. The molecule has 0 unspecified atom stereocenters. The third kappa shape index (κ3) is 3.97. The first-order valence-corrected chi connectivity index (χ1v) is 8.02. The number of hydrogen-bond donors (Lipinski definition) is 1. The van der Waals surface area contributed by atoms with E-state index in [2.05, 4.69) is 54.1 Å². The number of aryl methyl sites for hydroxylation is 1. The Bertz CT molecular complexity index is 409. The van der Waals surface area contributed by atoms with Gasteiger partial charge in [0.2, 0.25) is 0 Å². The highest BCUT2D eigenvalue weighted by atomic mass is 15.3. The van der Waals surface area contributed by atoms with Crippen LogP contribution >= 0.6 is 0 Å². The fraction of sp³-hybridized carbons (Fsp3) is 0.647. The molecule has 3 heteroatoms. The minimum atomic E-state index is 0.979. The third-order valence-electron chi connectivity index (χ3n) is 4.17. The molecule has 1 fully saturated rings. The van der Waals surface area contributed by atoms with Crippen molar-refractivity contribution in [2.45, 2.75) is 33.7 Å². The second-order valence-corrected chi connectivity index (χ2v) is 5.72. The quantitative estimate of drug-likeness (QED) is 0.861. The van der Waals surface area contributed by atoms with Crippen LogP contribution in [0.5, 0.6) is 0 Å². The third-order valence-corrected chi connectivity index (χ3v) is 4.17. The van der Waals surface area contributed by atoms with Crippen LogP contribution in [0.1, 0.15) is 31.4 Å². The summed E-state index contributed by atoms with van der Waals surface area (Å²) >= 11 is 0. The second kappa shape index (κ2) is 7.65. The summed E-state index contributed by atoms with van der Waals surface area (Å²) in [6.07, 6.45) is 1.26. The minimum absolute atomic E-state index is 0.979. The maximum absolute atomic E-state index is 3.40. The summed E-state index contributed by atoms with van der Waals surface area (Å²) in [6.45, 7) is 14.6. The Morgan fingerprint density at radius 3 is 2.45 bits per heavy atom. The van der Waals surface area contributed by atoms with Crippen LogP contribution in [0.3, 0.4) is 0 Å². The van der Waals surface area contributed by atoms with Crippen LogP contribution in [-0.2, 0) is 6.54 Å². The van der Waals surface area contributed by atoms with Crippen molar-refractivity contribution in [3.63, 3.8) is 0 Å². The second-order valence-electron chi connectivity index (χ2n) is 5.72. The van der Waals surface area contributed by atoms with Gasteiger partial charge < -0.3 is 10.2 Å². The number of benzene rings is 1. The molecule has 0 amide bonds. The van der Waals surface area contributed by atoms with Gasteiger partial charge in [-0.25, -0.2) is 0 Å². The molecular weight excluding hydrogens is 246 g/mol. The molecule has 0 saturated carbocycles. The highest BCUT2D eigenvalue weighted by Crippen LogP contribution is 2.20. The van der Waals surface area contributed by atoms with Crippen molar-refractivity contribution in [2.24, 2.45) is 0 Å². The van der Waals surface area contributed by atoms with Crippen molar-refractivity contribution in [1.82, 2.24) is 10.2 Å². The first kappa shape index (κ1) is 15.3. The Morgan fingerprint density at radius 2 is 1.85 bits per heavy atom. The molecule has 3 nitrogen and oxygen atoms in total. The average molecular weight is 275 g/mol. The van der Waals surface area contributed by atoms with Gasteiger partial charge in [0.25, 0.3) is 0 Å². The van der Waals surface area contributed by atoms with E-state index in [1.54, 1.807) is 0 Å². The van der Waals surface area contributed by atoms with Crippen molar-refractivity contribution in [2.75, 3.05) is 44.2 Å². The van der Waals surface area contributed by atoms with Crippen LogP contribution in [0.4, 0.5) is 5.69 Å². The van der Waals surface area contributed by atoms with Gasteiger partial charge in [-0.2, -0.15) is 0 Å². The van der Waals surface area contributed by atoms with E-state index in [1.165, 1.54) is 42.9 Å². The Kier molecular flexibility index (Phi) is 5.86.